The quantitative estimate of drug-likeness (QED) is 0.811. The Morgan fingerprint density at radius 3 is 2.14 bits per heavy atom. The maximum absolute atomic E-state index is 12.3. The van der Waals surface area contributed by atoms with Crippen LogP contribution in [-0.4, -0.2) is 28.9 Å². The van der Waals surface area contributed by atoms with Crippen molar-refractivity contribution in [3.8, 4) is 0 Å². The monoisotopic (exact) mass is 355 g/mol. The van der Waals surface area contributed by atoms with Crippen LogP contribution in [0.4, 0.5) is 0 Å². The van der Waals surface area contributed by atoms with Crippen molar-refractivity contribution in [2.45, 2.75) is 39.7 Å². The van der Waals surface area contributed by atoms with E-state index in [1.807, 2.05) is 38.1 Å². The molecule has 0 saturated carbocycles. The van der Waals surface area contributed by atoms with Crippen molar-refractivity contribution < 1.29 is 14.7 Å². The predicted octanol–water partition coefficient (Wildman–Crippen LogP) is 3.69. The lowest BCUT2D eigenvalue weighted by atomic mass is 9.79. The number of aliphatic carboxylic acids is 1. The number of nitrogens with zero attached hydrogens (tertiary/aromatic N) is 1. The lowest BCUT2D eigenvalue weighted by Crippen LogP contribution is -2.37. The predicted molar refractivity (Wildman–Crippen MR) is 85.9 cm³/mol. The molecule has 5 heteroatoms. The minimum Gasteiger partial charge on any atom is -0.481 e. The zero-order valence-corrected chi connectivity index (χ0v) is 14.3. The second-order valence-corrected chi connectivity index (χ2v) is 6.26. The molecule has 0 saturated heterocycles. The Labute approximate surface area is 134 Å². The average molecular weight is 356 g/mol. The summed E-state index contributed by atoms with van der Waals surface area (Å²) in [6.07, 6.45) is 0.954. The van der Waals surface area contributed by atoms with Gasteiger partial charge >= 0.3 is 5.97 Å². The van der Waals surface area contributed by atoms with Gasteiger partial charge in [0.1, 0.15) is 0 Å². The van der Waals surface area contributed by atoms with Crippen LogP contribution in [0.1, 0.15) is 38.7 Å². The van der Waals surface area contributed by atoms with Crippen molar-refractivity contribution in [2.75, 3.05) is 7.05 Å². The van der Waals surface area contributed by atoms with Crippen molar-refractivity contribution >= 4 is 27.8 Å². The van der Waals surface area contributed by atoms with Crippen molar-refractivity contribution in [2.24, 2.45) is 5.41 Å². The zero-order chi connectivity index (χ0) is 16.0. The highest BCUT2D eigenvalue weighted by Crippen LogP contribution is 2.31. The van der Waals surface area contributed by atoms with Crippen molar-refractivity contribution in [3.05, 3.63) is 34.3 Å². The summed E-state index contributed by atoms with van der Waals surface area (Å²) in [6.45, 7) is 4.12. The molecular formula is C16H22BrNO3. The Morgan fingerprint density at radius 1 is 1.19 bits per heavy atom. The summed E-state index contributed by atoms with van der Waals surface area (Å²) in [5.41, 5.74) is 0.0633. The van der Waals surface area contributed by atoms with Crippen LogP contribution in [0.15, 0.2) is 28.7 Å². The van der Waals surface area contributed by atoms with Crippen LogP contribution >= 0.6 is 15.9 Å². The lowest BCUT2D eigenvalue weighted by Gasteiger charge is -2.28. The van der Waals surface area contributed by atoms with Crippen LogP contribution in [0.5, 0.6) is 0 Å². The molecule has 1 amide bonds. The number of carbonyl (C=O) groups is 2. The van der Waals surface area contributed by atoms with Crippen LogP contribution in [-0.2, 0) is 16.1 Å². The second kappa shape index (κ2) is 7.59. The molecule has 116 valence electrons. The molecule has 1 aromatic carbocycles. The van der Waals surface area contributed by atoms with E-state index in [1.165, 1.54) is 0 Å². The molecule has 21 heavy (non-hydrogen) atoms. The van der Waals surface area contributed by atoms with E-state index in [9.17, 15) is 14.7 Å². The highest BCUT2D eigenvalue weighted by molar-refractivity contribution is 9.10. The third-order valence-corrected chi connectivity index (χ3v) is 4.58. The van der Waals surface area contributed by atoms with Gasteiger partial charge in [-0.2, -0.15) is 0 Å². The number of halogens is 1. The molecule has 0 unspecified atom stereocenters. The molecule has 1 rings (SSSR count). The molecule has 0 radical (unpaired) electrons. The molecule has 0 spiro atoms. The maximum Gasteiger partial charge on any atom is 0.310 e. The first kappa shape index (κ1) is 17.7. The first-order valence-corrected chi connectivity index (χ1v) is 7.85. The molecular weight excluding hydrogens is 334 g/mol. The van der Waals surface area contributed by atoms with Gasteiger partial charge in [-0.25, -0.2) is 0 Å². The van der Waals surface area contributed by atoms with Gasteiger partial charge in [-0.05, 0) is 30.5 Å². The van der Waals surface area contributed by atoms with Gasteiger partial charge in [-0.1, -0.05) is 41.9 Å². The highest BCUT2D eigenvalue weighted by atomic mass is 79.9. The number of carboxylic acid groups (broad SMARTS) is 1. The molecule has 0 fully saturated rings. The van der Waals surface area contributed by atoms with Gasteiger partial charge in [0, 0.05) is 24.5 Å². The Hall–Kier alpha value is -1.36. The van der Waals surface area contributed by atoms with Crippen LogP contribution in [0.2, 0.25) is 0 Å². The number of hydrogen-bond acceptors (Lipinski definition) is 2. The van der Waals surface area contributed by atoms with Gasteiger partial charge in [-0.15, -0.1) is 0 Å². The fraction of sp³-hybridized carbons (Fsp3) is 0.500. The molecule has 1 aromatic rings. The van der Waals surface area contributed by atoms with Crippen molar-refractivity contribution in [1.82, 2.24) is 4.90 Å². The second-order valence-electron chi connectivity index (χ2n) is 5.35. The van der Waals surface area contributed by atoms with E-state index in [2.05, 4.69) is 15.9 Å². The summed E-state index contributed by atoms with van der Waals surface area (Å²) in [4.78, 5) is 25.4. The van der Waals surface area contributed by atoms with Gasteiger partial charge in [0.05, 0.1) is 5.41 Å². The Bertz CT molecular complexity index is 495. The smallest absolute Gasteiger partial charge is 0.310 e. The molecule has 4 nitrogen and oxygen atoms in total. The summed E-state index contributed by atoms with van der Waals surface area (Å²) >= 11 is 3.37. The van der Waals surface area contributed by atoms with E-state index in [-0.39, 0.29) is 12.3 Å². The number of carbonyl (C=O) groups excluding carboxylic acids is 1. The number of benzene rings is 1. The standard InChI is InChI=1S/C16H22BrNO3/c1-4-16(5-2,15(20)21)10-14(19)18(3)11-12-6-8-13(17)9-7-12/h6-9H,4-5,10-11H2,1-3H3,(H,20,21). The number of hydrogen-bond donors (Lipinski definition) is 1. The van der Waals surface area contributed by atoms with Gasteiger partial charge in [-0.3, -0.25) is 9.59 Å². The lowest BCUT2D eigenvalue weighted by molar-refractivity contribution is -0.154. The van der Waals surface area contributed by atoms with Crippen LogP contribution < -0.4 is 0 Å². The molecule has 0 aliphatic rings. The molecule has 0 atom stereocenters. The Kier molecular flexibility index (Phi) is 6.40. The normalized spacial score (nSPS) is 11.2. The molecule has 0 aromatic heterocycles. The maximum atomic E-state index is 12.3. The van der Waals surface area contributed by atoms with Gasteiger partial charge in [0.2, 0.25) is 5.91 Å². The van der Waals surface area contributed by atoms with Crippen LogP contribution in [0.3, 0.4) is 0 Å². The van der Waals surface area contributed by atoms with E-state index >= 15 is 0 Å². The van der Waals surface area contributed by atoms with Gasteiger partial charge in [0.25, 0.3) is 0 Å². The molecule has 0 aliphatic carbocycles. The van der Waals surface area contributed by atoms with E-state index < -0.39 is 11.4 Å². The van der Waals surface area contributed by atoms with Crippen LogP contribution in [0.25, 0.3) is 0 Å². The molecule has 0 aliphatic heterocycles. The topological polar surface area (TPSA) is 57.6 Å². The number of amides is 1. The fourth-order valence-electron chi connectivity index (χ4n) is 2.25. The molecule has 1 N–H and O–H groups in total. The van der Waals surface area contributed by atoms with E-state index in [0.717, 1.165) is 10.0 Å². The van der Waals surface area contributed by atoms with Crippen molar-refractivity contribution in [1.29, 1.82) is 0 Å². The number of carboxylic acids is 1. The van der Waals surface area contributed by atoms with Gasteiger partial charge in [0.15, 0.2) is 0 Å². The van der Waals surface area contributed by atoms with E-state index in [1.54, 1.807) is 11.9 Å². The molecule has 0 heterocycles. The first-order chi connectivity index (χ1) is 9.84. The minimum absolute atomic E-state index is 0.0440. The zero-order valence-electron chi connectivity index (χ0n) is 12.7. The number of rotatable bonds is 7. The SMILES string of the molecule is CCC(CC)(CC(=O)N(C)Cc1ccc(Br)cc1)C(=O)O. The summed E-state index contributed by atoms with van der Waals surface area (Å²) in [5, 5.41) is 9.40. The van der Waals surface area contributed by atoms with E-state index in [4.69, 9.17) is 0 Å². The fourth-order valence-corrected chi connectivity index (χ4v) is 2.52. The summed E-state index contributed by atoms with van der Waals surface area (Å²) < 4.78 is 0.988. The molecule has 0 bridgehead atoms. The van der Waals surface area contributed by atoms with Crippen molar-refractivity contribution in [3.63, 3.8) is 0 Å². The highest BCUT2D eigenvalue weighted by Gasteiger charge is 2.37. The van der Waals surface area contributed by atoms with E-state index in [0.29, 0.717) is 19.4 Å². The largest absolute Gasteiger partial charge is 0.481 e. The van der Waals surface area contributed by atoms with Crippen LogP contribution in [0, 0.1) is 5.41 Å². The average Bonchev–Trinajstić information content (AvgIpc) is 2.46. The third-order valence-electron chi connectivity index (χ3n) is 4.06. The minimum atomic E-state index is -0.953. The summed E-state index contributed by atoms with van der Waals surface area (Å²) in [6, 6.07) is 7.73. The Morgan fingerprint density at radius 2 is 1.71 bits per heavy atom. The summed E-state index contributed by atoms with van der Waals surface area (Å²) in [5.74, 6) is -1.03. The Balaban J connectivity index is 2.73. The van der Waals surface area contributed by atoms with Gasteiger partial charge < -0.3 is 10.0 Å². The third kappa shape index (κ3) is 4.56. The first-order valence-electron chi connectivity index (χ1n) is 7.06. The summed E-state index contributed by atoms with van der Waals surface area (Å²) in [7, 11) is 1.71.